The van der Waals surface area contributed by atoms with Gasteiger partial charge in [0.2, 0.25) is 0 Å². The maximum Gasteiger partial charge on any atom is 0.150 e. The van der Waals surface area contributed by atoms with Crippen LogP contribution in [0.3, 0.4) is 0 Å². The van der Waals surface area contributed by atoms with Crippen molar-refractivity contribution in [3.63, 3.8) is 0 Å². The van der Waals surface area contributed by atoms with E-state index in [9.17, 15) is 8.78 Å². The molecule has 4 heteroatoms. The first-order valence-electron chi connectivity index (χ1n) is 5.92. The molecular weight excluding hydrogens is 268 g/mol. The minimum atomic E-state index is -0.686. The highest BCUT2D eigenvalue weighted by atomic mass is 35.5. The van der Waals surface area contributed by atoms with Gasteiger partial charge in [0, 0.05) is 12.6 Å². The molecule has 0 saturated heterocycles. The monoisotopic (exact) mass is 281 g/mol. The minimum absolute atomic E-state index is 0.0429. The van der Waals surface area contributed by atoms with Gasteiger partial charge < -0.3 is 5.32 Å². The summed E-state index contributed by atoms with van der Waals surface area (Å²) in [5.74, 6) is -1.37. The van der Waals surface area contributed by atoms with Gasteiger partial charge in [-0.15, -0.1) is 0 Å². The molecule has 0 spiro atoms. The van der Waals surface area contributed by atoms with Crippen LogP contribution in [0.5, 0.6) is 0 Å². The van der Waals surface area contributed by atoms with Crippen LogP contribution in [0.25, 0.3) is 0 Å². The third kappa shape index (κ3) is 3.24. The zero-order valence-electron chi connectivity index (χ0n) is 10.7. The largest absolute Gasteiger partial charge is 0.377 e. The maximum absolute atomic E-state index is 13.6. The molecule has 0 saturated carbocycles. The summed E-state index contributed by atoms with van der Waals surface area (Å²) in [6.45, 7) is 4.48. The molecule has 0 heterocycles. The topological polar surface area (TPSA) is 12.0 Å². The number of anilines is 1. The summed E-state index contributed by atoms with van der Waals surface area (Å²) in [6, 6.07) is 7.90. The number of benzene rings is 2. The van der Waals surface area contributed by atoms with Crippen LogP contribution in [0, 0.1) is 25.5 Å². The van der Waals surface area contributed by atoms with Gasteiger partial charge >= 0.3 is 0 Å². The molecule has 1 nitrogen and oxygen atoms in total. The van der Waals surface area contributed by atoms with Crippen LogP contribution in [-0.4, -0.2) is 0 Å². The molecule has 2 aromatic carbocycles. The minimum Gasteiger partial charge on any atom is -0.377 e. The maximum atomic E-state index is 13.6. The van der Waals surface area contributed by atoms with Crippen molar-refractivity contribution in [2.45, 2.75) is 20.4 Å². The van der Waals surface area contributed by atoms with Crippen LogP contribution in [0.1, 0.15) is 16.7 Å². The van der Waals surface area contributed by atoms with Crippen LogP contribution in [-0.2, 0) is 6.54 Å². The average Bonchev–Trinajstić information content (AvgIpc) is 2.32. The molecule has 0 atom stereocenters. The zero-order valence-corrected chi connectivity index (χ0v) is 11.5. The van der Waals surface area contributed by atoms with Crippen LogP contribution >= 0.6 is 11.6 Å². The Morgan fingerprint density at radius 1 is 1.05 bits per heavy atom. The first-order chi connectivity index (χ1) is 8.97. The van der Waals surface area contributed by atoms with Crippen molar-refractivity contribution in [1.82, 2.24) is 0 Å². The Balaban J connectivity index is 2.16. The molecule has 19 heavy (non-hydrogen) atoms. The molecule has 0 aliphatic rings. The fourth-order valence-corrected chi connectivity index (χ4v) is 2.08. The van der Waals surface area contributed by atoms with Crippen LogP contribution in [0.2, 0.25) is 5.02 Å². The van der Waals surface area contributed by atoms with Crippen molar-refractivity contribution >= 4 is 17.3 Å². The first kappa shape index (κ1) is 13.8. The van der Waals surface area contributed by atoms with Gasteiger partial charge in [-0.1, -0.05) is 29.8 Å². The van der Waals surface area contributed by atoms with E-state index in [1.54, 1.807) is 0 Å². The second-order valence-electron chi connectivity index (χ2n) is 4.52. The number of hydrogen-bond donors (Lipinski definition) is 1. The molecule has 2 aromatic rings. The summed E-state index contributed by atoms with van der Waals surface area (Å²) in [4.78, 5) is 0. The highest BCUT2D eigenvalue weighted by Gasteiger charge is 2.09. The third-order valence-corrected chi connectivity index (χ3v) is 3.35. The van der Waals surface area contributed by atoms with Crippen LogP contribution < -0.4 is 5.32 Å². The lowest BCUT2D eigenvalue weighted by Crippen LogP contribution is -2.03. The van der Waals surface area contributed by atoms with Crippen molar-refractivity contribution in [2.24, 2.45) is 0 Å². The number of aryl methyl sites for hydroxylation is 2. The number of rotatable bonds is 3. The van der Waals surface area contributed by atoms with Crippen molar-refractivity contribution < 1.29 is 8.78 Å². The Hall–Kier alpha value is -1.61. The number of hydrogen-bond acceptors (Lipinski definition) is 1. The van der Waals surface area contributed by atoms with E-state index in [0.717, 1.165) is 17.7 Å². The highest BCUT2D eigenvalue weighted by molar-refractivity contribution is 6.33. The standard InChI is InChI=1S/C15H14ClF2N/c1-9-3-4-11(5-10(9)2)8-19-15-13(16)6-12(17)7-14(15)18/h3-7,19H,8H2,1-2H3. The van der Waals surface area contributed by atoms with Gasteiger partial charge in [0.05, 0.1) is 10.7 Å². The van der Waals surface area contributed by atoms with Gasteiger partial charge in [-0.25, -0.2) is 8.78 Å². The zero-order chi connectivity index (χ0) is 14.0. The van der Waals surface area contributed by atoms with E-state index < -0.39 is 11.6 Å². The molecule has 1 N–H and O–H groups in total. The van der Waals surface area contributed by atoms with Crippen LogP contribution in [0.4, 0.5) is 14.5 Å². The summed E-state index contributed by atoms with van der Waals surface area (Å²) >= 11 is 5.82. The predicted octanol–water partition coefficient (Wildman–Crippen LogP) is 4.85. The first-order valence-corrected chi connectivity index (χ1v) is 6.29. The molecule has 0 amide bonds. The molecular formula is C15H14ClF2N. The Kier molecular flexibility index (Phi) is 4.05. The van der Waals surface area contributed by atoms with Gasteiger partial charge in [-0.2, -0.15) is 0 Å². The van der Waals surface area contributed by atoms with Gasteiger partial charge in [-0.3, -0.25) is 0 Å². The lowest BCUT2D eigenvalue weighted by atomic mass is 10.1. The van der Waals surface area contributed by atoms with E-state index in [4.69, 9.17) is 11.6 Å². The SMILES string of the molecule is Cc1ccc(CNc2c(F)cc(F)cc2Cl)cc1C. The molecule has 100 valence electrons. The van der Waals surface area contributed by atoms with Crippen molar-refractivity contribution in [1.29, 1.82) is 0 Å². The molecule has 0 unspecified atom stereocenters. The Morgan fingerprint density at radius 2 is 1.79 bits per heavy atom. The van der Waals surface area contributed by atoms with E-state index >= 15 is 0 Å². The van der Waals surface area contributed by atoms with Gasteiger partial charge in [0.15, 0.2) is 5.82 Å². The van der Waals surface area contributed by atoms with Crippen LogP contribution in [0.15, 0.2) is 30.3 Å². The summed E-state index contributed by atoms with van der Waals surface area (Å²) in [6.07, 6.45) is 0. The summed E-state index contributed by atoms with van der Waals surface area (Å²) < 4.78 is 26.5. The lowest BCUT2D eigenvalue weighted by molar-refractivity contribution is 0.585. The average molecular weight is 282 g/mol. The molecule has 0 aliphatic heterocycles. The Morgan fingerprint density at radius 3 is 2.42 bits per heavy atom. The summed E-state index contributed by atoms with van der Waals surface area (Å²) in [7, 11) is 0. The summed E-state index contributed by atoms with van der Waals surface area (Å²) in [5, 5.41) is 2.94. The molecule has 0 fully saturated rings. The van der Waals surface area contributed by atoms with Gasteiger partial charge in [-0.05, 0) is 36.6 Å². The van der Waals surface area contributed by atoms with Gasteiger partial charge in [0.1, 0.15) is 5.82 Å². The van der Waals surface area contributed by atoms with Crippen molar-refractivity contribution in [3.05, 3.63) is 63.7 Å². The van der Waals surface area contributed by atoms with E-state index in [2.05, 4.69) is 5.32 Å². The third-order valence-electron chi connectivity index (χ3n) is 3.05. The Bertz CT molecular complexity index is 588. The van der Waals surface area contributed by atoms with E-state index in [0.29, 0.717) is 6.54 Å². The molecule has 0 aromatic heterocycles. The predicted molar refractivity (Wildman–Crippen MR) is 74.6 cm³/mol. The molecule has 0 bridgehead atoms. The normalized spacial score (nSPS) is 10.6. The fraction of sp³-hybridized carbons (Fsp3) is 0.200. The van der Waals surface area contributed by atoms with Gasteiger partial charge in [0.25, 0.3) is 0 Å². The number of halogens is 3. The number of nitrogens with one attached hydrogen (secondary N) is 1. The lowest BCUT2D eigenvalue weighted by Gasteiger charge is -2.11. The van der Waals surface area contributed by atoms with Crippen molar-refractivity contribution in [3.8, 4) is 0 Å². The molecule has 0 radical (unpaired) electrons. The molecule has 2 rings (SSSR count). The molecule has 0 aliphatic carbocycles. The summed E-state index contributed by atoms with van der Waals surface area (Å²) in [5.41, 5.74) is 3.52. The Labute approximate surface area is 116 Å². The van der Waals surface area contributed by atoms with E-state index in [1.807, 2.05) is 32.0 Å². The quantitative estimate of drug-likeness (QED) is 0.848. The second-order valence-corrected chi connectivity index (χ2v) is 4.92. The van der Waals surface area contributed by atoms with Crippen molar-refractivity contribution in [2.75, 3.05) is 5.32 Å². The smallest absolute Gasteiger partial charge is 0.150 e. The fourth-order valence-electron chi connectivity index (χ4n) is 1.82. The highest BCUT2D eigenvalue weighted by Crippen LogP contribution is 2.27. The second kappa shape index (κ2) is 5.57. The van der Waals surface area contributed by atoms with E-state index in [-0.39, 0.29) is 10.7 Å². The van der Waals surface area contributed by atoms with E-state index in [1.165, 1.54) is 11.1 Å².